The summed E-state index contributed by atoms with van der Waals surface area (Å²) in [5.74, 6) is 2.17. The lowest BCUT2D eigenvalue weighted by Crippen LogP contribution is -2.68. The van der Waals surface area contributed by atoms with E-state index < -0.39 is 23.7 Å². The minimum Gasteiger partial charge on any atom is -0.481 e. The Hall–Kier alpha value is -1.46. The normalized spacial score (nSPS) is 45.2. The highest BCUT2D eigenvalue weighted by Gasteiger charge is 2.70. The minimum absolute atomic E-state index is 0.00211. The van der Waals surface area contributed by atoms with Gasteiger partial charge in [-0.2, -0.15) is 0 Å². The maximum atomic E-state index is 13.9. The number of nitrogens with one attached hydrogen (secondary N) is 1. The first-order chi connectivity index (χ1) is 22.3. The molecular formula is C43H68FNO3. The van der Waals surface area contributed by atoms with Gasteiger partial charge in [-0.25, -0.2) is 4.39 Å². The Morgan fingerprint density at radius 1 is 0.958 bits per heavy atom. The molecule has 0 amide bonds. The number of carboxylic acids is 1. The molecular weight excluding hydrogens is 597 g/mol. The van der Waals surface area contributed by atoms with E-state index in [1.54, 1.807) is 0 Å². The van der Waals surface area contributed by atoms with E-state index in [0.29, 0.717) is 48.9 Å². The lowest BCUT2D eigenvalue weighted by molar-refractivity contribution is -0.221. The summed E-state index contributed by atoms with van der Waals surface area (Å²) in [6, 6.07) is 0. The lowest BCUT2D eigenvalue weighted by atomic mass is 9.33. The number of allylic oxidation sites excluding steroid dienone is 5. The average Bonchev–Trinajstić information content (AvgIpc) is 3.39. The average molecular weight is 666 g/mol. The molecule has 0 saturated heterocycles. The highest BCUT2D eigenvalue weighted by molar-refractivity contribution is 5.75. The van der Waals surface area contributed by atoms with Gasteiger partial charge in [0.1, 0.15) is 6.67 Å². The maximum absolute atomic E-state index is 13.9. The van der Waals surface area contributed by atoms with Gasteiger partial charge in [0.25, 0.3) is 0 Å². The number of rotatable bonds is 9. The van der Waals surface area contributed by atoms with Crippen molar-refractivity contribution in [2.75, 3.05) is 13.2 Å². The van der Waals surface area contributed by atoms with Gasteiger partial charge in [-0.15, -0.1) is 0 Å². The second-order valence-corrected chi connectivity index (χ2v) is 19.9. The summed E-state index contributed by atoms with van der Waals surface area (Å²) in [5, 5.41) is 24.3. The van der Waals surface area contributed by atoms with Crippen LogP contribution in [0.5, 0.6) is 0 Å². The number of aliphatic carboxylic acids is 1. The third kappa shape index (κ3) is 5.36. The summed E-state index contributed by atoms with van der Waals surface area (Å²) in [5.41, 5.74) is 3.20. The number of carboxylic acid groups (broad SMARTS) is 1. The number of hydrogen-bond donors (Lipinski definition) is 3. The van der Waals surface area contributed by atoms with Gasteiger partial charge in [0.05, 0.1) is 11.0 Å². The van der Waals surface area contributed by atoms with Crippen LogP contribution in [-0.2, 0) is 4.79 Å². The molecule has 0 bridgehead atoms. The third-order valence-corrected chi connectivity index (χ3v) is 16.8. The molecule has 1 unspecified atom stereocenters. The van der Waals surface area contributed by atoms with Gasteiger partial charge in [-0.05, 0) is 180 Å². The van der Waals surface area contributed by atoms with Gasteiger partial charge in [0, 0.05) is 5.54 Å². The number of fused-ring (bicyclic) bond motifs is 7. The summed E-state index contributed by atoms with van der Waals surface area (Å²) in [4.78, 5) is 12.0. The molecule has 5 heteroatoms. The van der Waals surface area contributed by atoms with Crippen LogP contribution in [0.1, 0.15) is 145 Å². The molecule has 48 heavy (non-hydrogen) atoms. The van der Waals surface area contributed by atoms with Gasteiger partial charge in [-0.1, -0.05) is 58.9 Å². The third-order valence-electron chi connectivity index (χ3n) is 16.8. The van der Waals surface area contributed by atoms with E-state index in [1.807, 2.05) is 13.8 Å². The quantitative estimate of drug-likeness (QED) is 0.169. The number of halogens is 1. The van der Waals surface area contributed by atoms with Crippen molar-refractivity contribution in [1.29, 1.82) is 0 Å². The van der Waals surface area contributed by atoms with E-state index in [-0.39, 0.29) is 27.2 Å². The first kappa shape index (κ1) is 36.3. The van der Waals surface area contributed by atoms with Gasteiger partial charge in [0.2, 0.25) is 0 Å². The SMILES string of the molecule is C=C(C)[C@@H]1CC[C@]2(NCCCC(C)(C)O)CC[C@]3(C)[C@H](CC[C@@H]4[C@@]5(C)CC=C(C6=CCC(CF)(C(=O)O)CC6)C(C)(C)[C@@H]5CC[C@]43C)[C@@H]12. The Bertz CT molecular complexity index is 1360. The Kier molecular flexibility index (Phi) is 9.13. The monoisotopic (exact) mass is 666 g/mol. The molecule has 0 spiro atoms. The van der Waals surface area contributed by atoms with Crippen molar-refractivity contribution < 1.29 is 19.4 Å². The first-order valence-corrected chi connectivity index (χ1v) is 19.6. The van der Waals surface area contributed by atoms with Crippen molar-refractivity contribution in [3.63, 3.8) is 0 Å². The van der Waals surface area contributed by atoms with Crippen LogP contribution in [0.15, 0.2) is 35.5 Å². The Balaban J connectivity index is 1.28. The van der Waals surface area contributed by atoms with Gasteiger partial charge >= 0.3 is 5.97 Å². The second kappa shape index (κ2) is 12.1. The van der Waals surface area contributed by atoms with Crippen molar-refractivity contribution in [3.05, 3.63) is 35.5 Å². The zero-order chi connectivity index (χ0) is 35.1. The largest absolute Gasteiger partial charge is 0.481 e. The maximum Gasteiger partial charge on any atom is 0.312 e. The standard InChI is InChI=1S/C43H68FNO3/c1-28(2)30-15-23-43(45-26-10-18-37(3,4)48)25-24-40(8)32(35(30)43)11-12-34-39(7)19-16-31(38(5,6)33(39)17-20-41(34,40)9)29-13-21-42(27-44,22-14-29)36(46)47/h13,16,30,32-35,45,48H,1,10-12,14-15,17-27H2,2-9H3,(H,46,47)/t30-,32+,33-,34+,35+,39-,40+,41+,42?,43-/m0/s1. The fraction of sp³-hybridized carbons (Fsp3) is 0.837. The van der Waals surface area contributed by atoms with Crippen LogP contribution in [-0.4, -0.2) is 40.5 Å². The predicted molar refractivity (Wildman–Crippen MR) is 194 cm³/mol. The molecule has 0 aromatic rings. The minimum atomic E-state index is -1.25. The molecule has 270 valence electrons. The molecule has 6 rings (SSSR count). The lowest BCUT2D eigenvalue weighted by Gasteiger charge is -2.72. The van der Waals surface area contributed by atoms with Crippen molar-refractivity contribution in [3.8, 4) is 0 Å². The molecule has 0 aliphatic heterocycles. The second-order valence-electron chi connectivity index (χ2n) is 19.9. The van der Waals surface area contributed by atoms with Crippen LogP contribution in [0, 0.1) is 56.7 Å². The summed E-state index contributed by atoms with van der Waals surface area (Å²) < 4.78 is 13.9. The molecule has 4 nitrogen and oxygen atoms in total. The van der Waals surface area contributed by atoms with Crippen molar-refractivity contribution >= 4 is 5.97 Å². The van der Waals surface area contributed by atoms with Crippen LogP contribution in [0.4, 0.5) is 4.39 Å². The molecule has 0 radical (unpaired) electrons. The number of hydrogen-bond acceptors (Lipinski definition) is 3. The van der Waals surface area contributed by atoms with E-state index in [2.05, 4.69) is 65.6 Å². The van der Waals surface area contributed by atoms with Crippen molar-refractivity contribution in [2.45, 2.75) is 156 Å². The van der Waals surface area contributed by atoms with E-state index >= 15 is 0 Å². The fourth-order valence-electron chi connectivity index (χ4n) is 14.0. The Morgan fingerprint density at radius 3 is 2.29 bits per heavy atom. The number of alkyl halides is 1. The predicted octanol–water partition coefficient (Wildman–Crippen LogP) is 10.2. The molecule has 4 saturated carbocycles. The summed E-state index contributed by atoms with van der Waals surface area (Å²) in [6.07, 6.45) is 19.1. The first-order valence-electron chi connectivity index (χ1n) is 19.6. The van der Waals surface area contributed by atoms with Crippen molar-refractivity contribution in [2.24, 2.45) is 56.7 Å². The summed E-state index contributed by atoms with van der Waals surface area (Å²) in [7, 11) is 0. The van der Waals surface area contributed by atoms with Crippen LogP contribution in [0.25, 0.3) is 0 Å². The fourth-order valence-corrected chi connectivity index (χ4v) is 14.0. The number of aliphatic hydroxyl groups is 1. The molecule has 0 aromatic heterocycles. The zero-order valence-electron chi connectivity index (χ0n) is 31.7. The van der Waals surface area contributed by atoms with Crippen LogP contribution in [0.3, 0.4) is 0 Å². The summed E-state index contributed by atoms with van der Waals surface area (Å²) >= 11 is 0. The van der Waals surface area contributed by atoms with Gasteiger partial charge in [0.15, 0.2) is 0 Å². The molecule has 6 aliphatic rings. The molecule has 6 aliphatic carbocycles. The molecule has 0 heterocycles. The van der Waals surface area contributed by atoms with Crippen molar-refractivity contribution in [1.82, 2.24) is 5.32 Å². The van der Waals surface area contributed by atoms with Crippen LogP contribution in [0.2, 0.25) is 0 Å². The van der Waals surface area contributed by atoms with Crippen LogP contribution >= 0.6 is 0 Å². The highest BCUT2D eigenvalue weighted by Crippen LogP contribution is 2.76. The Labute approximate surface area is 291 Å². The van der Waals surface area contributed by atoms with Crippen LogP contribution < -0.4 is 5.32 Å². The highest BCUT2D eigenvalue weighted by atomic mass is 19.1. The van der Waals surface area contributed by atoms with E-state index in [0.717, 1.165) is 25.8 Å². The number of carbonyl (C=O) groups is 1. The molecule has 3 N–H and O–H groups in total. The molecule has 4 fully saturated rings. The van der Waals surface area contributed by atoms with E-state index in [4.69, 9.17) is 0 Å². The van der Waals surface area contributed by atoms with E-state index in [9.17, 15) is 19.4 Å². The van der Waals surface area contributed by atoms with Gasteiger partial charge < -0.3 is 15.5 Å². The molecule has 0 aromatic carbocycles. The topological polar surface area (TPSA) is 69.6 Å². The Morgan fingerprint density at radius 2 is 1.69 bits per heavy atom. The van der Waals surface area contributed by atoms with Gasteiger partial charge in [-0.3, -0.25) is 4.79 Å². The van der Waals surface area contributed by atoms with E-state index in [1.165, 1.54) is 68.1 Å². The smallest absolute Gasteiger partial charge is 0.312 e. The zero-order valence-corrected chi connectivity index (χ0v) is 31.7. The molecule has 10 atom stereocenters. The summed E-state index contributed by atoms with van der Waals surface area (Å²) in [6.45, 7) is 23.9.